The van der Waals surface area contributed by atoms with E-state index in [0.29, 0.717) is 16.3 Å². The van der Waals surface area contributed by atoms with Crippen molar-refractivity contribution >= 4 is 23.3 Å². The Balaban J connectivity index is 2.74. The first-order valence-electron chi connectivity index (χ1n) is 3.94. The number of aromatic nitrogens is 2. The lowest BCUT2D eigenvalue weighted by atomic mass is 10.2. The molecule has 0 unspecified atom stereocenters. The van der Waals surface area contributed by atoms with E-state index in [9.17, 15) is 4.79 Å². The minimum atomic E-state index is -0.310. The number of aromatic amines is 1. The van der Waals surface area contributed by atoms with Crippen LogP contribution in [0.3, 0.4) is 0 Å². The van der Waals surface area contributed by atoms with Gasteiger partial charge in [-0.1, -0.05) is 18.2 Å². The van der Waals surface area contributed by atoms with Crippen molar-refractivity contribution in [3.63, 3.8) is 0 Å². The van der Waals surface area contributed by atoms with Gasteiger partial charge in [0.25, 0.3) is 5.91 Å². The van der Waals surface area contributed by atoms with E-state index in [1.807, 2.05) is 0 Å². The number of anilines is 1. The summed E-state index contributed by atoms with van der Waals surface area (Å²) in [5.41, 5.74) is 6.47. The Kier molecular flexibility index (Phi) is 3.14. The Labute approximate surface area is 86.3 Å². The van der Waals surface area contributed by atoms with Crippen LogP contribution in [0.1, 0.15) is 16.1 Å². The predicted molar refractivity (Wildman–Crippen MR) is 55.1 cm³/mol. The number of aryl methyl sites for hydroxylation is 1. The first-order valence-corrected chi connectivity index (χ1v) is 4.32. The molecule has 0 fully saturated rings. The highest BCUT2D eigenvalue weighted by molar-refractivity contribution is 6.29. The van der Waals surface area contributed by atoms with Gasteiger partial charge in [0.15, 0.2) is 5.82 Å². The topological polar surface area (TPSA) is 83.8 Å². The molecule has 1 amide bonds. The fourth-order valence-corrected chi connectivity index (χ4v) is 1.07. The molecule has 0 bridgehead atoms. The summed E-state index contributed by atoms with van der Waals surface area (Å²) in [5.74, 6) is -0.129. The first-order chi connectivity index (χ1) is 6.52. The molecule has 14 heavy (non-hydrogen) atoms. The summed E-state index contributed by atoms with van der Waals surface area (Å²) < 4.78 is 0. The molecular formula is C8H11ClN4O. The van der Waals surface area contributed by atoms with Gasteiger partial charge in [-0.25, -0.2) is 0 Å². The van der Waals surface area contributed by atoms with E-state index in [2.05, 4.69) is 22.1 Å². The molecule has 0 spiro atoms. The molecule has 1 rings (SSSR count). The minimum absolute atomic E-state index is 0.181. The van der Waals surface area contributed by atoms with Crippen LogP contribution in [-0.2, 0) is 0 Å². The molecule has 0 radical (unpaired) electrons. The molecule has 6 heteroatoms. The van der Waals surface area contributed by atoms with Crippen LogP contribution in [0.4, 0.5) is 5.82 Å². The number of carbonyl (C=O) groups is 1. The fraction of sp³-hybridized carbons (Fsp3) is 0.250. The van der Waals surface area contributed by atoms with E-state index in [1.165, 1.54) is 0 Å². The van der Waals surface area contributed by atoms with Crippen molar-refractivity contribution in [1.82, 2.24) is 15.5 Å². The molecule has 0 saturated carbocycles. The lowest BCUT2D eigenvalue weighted by molar-refractivity contribution is 0.0958. The average Bonchev–Trinajstić information content (AvgIpc) is 2.42. The van der Waals surface area contributed by atoms with Gasteiger partial charge in [-0.15, -0.1) is 0 Å². The van der Waals surface area contributed by atoms with Crippen molar-refractivity contribution in [2.75, 3.05) is 12.3 Å². The molecule has 0 aliphatic carbocycles. The Morgan fingerprint density at radius 1 is 1.79 bits per heavy atom. The second-order valence-electron chi connectivity index (χ2n) is 2.81. The number of nitrogens with zero attached hydrogens (tertiary/aromatic N) is 1. The number of nitrogens with one attached hydrogen (secondary N) is 2. The third kappa shape index (κ3) is 2.26. The largest absolute Gasteiger partial charge is 0.382 e. The zero-order valence-corrected chi connectivity index (χ0v) is 8.48. The smallest absolute Gasteiger partial charge is 0.257 e. The van der Waals surface area contributed by atoms with E-state index in [-0.39, 0.29) is 18.3 Å². The summed E-state index contributed by atoms with van der Waals surface area (Å²) >= 11 is 5.50. The monoisotopic (exact) mass is 214 g/mol. The molecule has 76 valence electrons. The summed E-state index contributed by atoms with van der Waals surface area (Å²) in [6.45, 7) is 5.38. The molecule has 1 aromatic rings. The van der Waals surface area contributed by atoms with E-state index in [0.717, 1.165) is 0 Å². The van der Waals surface area contributed by atoms with Crippen LogP contribution < -0.4 is 11.1 Å². The highest BCUT2D eigenvalue weighted by atomic mass is 35.5. The number of amides is 1. The summed E-state index contributed by atoms with van der Waals surface area (Å²) in [4.78, 5) is 11.5. The fourth-order valence-electron chi connectivity index (χ4n) is 0.999. The third-order valence-corrected chi connectivity index (χ3v) is 1.78. The number of nitrogen functional groups attached to an aromatic ring is 1. The van der Waals surface area contributed by atoms with Crippen molar-refractivity contribution in [2.45, 2.75) is 6.92 Å². The molecular weight excluding hydrogens is 204 g/mol. The van der Waals surface area contributed by atoms with E-state index < -0.39 is 0 Å². The van der Waals surface area contributed by atoms with Crippen LogP contribution in [-0.4, -0.2) is 22.6 Å². The summed E-state index contributed by atoms with van der Waals surface area (Å²) in [6.07, 6.45) is 0. The summed E-state index contributed by atoms with van der Waals surface area (Å²) in [7, 11) is 0. The summed E-state index contributed by atoms with van der Waals surface area (Å²) in [6, 6.07) is 0. The van der Waals surface area contributed by atoms with Crippen molar-refractivity contribution < 1.29 is 4.79 Å². The molecule has 5 nitrogen and oxygen atoms in total. The van der Waals surface area contributed by atoms with Crippen LogP contribution in [0.5, 0.6) is 0 Å². The van der Waals surface area contributed by atoms with E-state index in [1.54, 1.807) is 6.92 Å². The predicted octanol–water partition coefficient (Wildman–Crippen LogP) is 0.783. The highest BCUT2D eigenvalue weighted by Crippen LogP contribution is 2.11. The van der Waals surface area contributed by atoms with Crippen LogP contribution in [0, 0.1) is 6.92 Å². The van der Waals surface area contributed by atoms with Gasteiger partial charge in [-0.05, 0) is 6.92 Å². The molecule has 1 aromatic heterocycles. The first kappa shape index (κ1) is 10.6. The molecule has 0 aliphatic rings. The number of nitrogens with two attached hydrogens (primary N) is 1. The molecule has 4 N–H and O–H groups in total. The van der Waals surface area contributed by atoms with Crippen LogP contribution >= 0.6 is 11.6 Å². The Morgan fingerprint density at radius 3 is 2.86 bits per heavy atom. The van der Waals surface area contributed by atoms with Gasteiger partial charge in [0, 0.05) is 10.7 Å². The number of H-pyrrole nitrogens is 1. The molecule has 0 aromatic carbocycles. The van der Waals surface area contributed by atoms with Gasteiger partial charge in [0.2, 0.25) is 0 Å². The van der Waals surface area contributed by atoms with E-state index in [4.69, 9.17) is 17.3 Å². The lowest BCUT2D eigenvalue weighted by Gasteiger charge is -2.02. The van der Waals surface area contributed by atoms with Crippen molar-refractivity contribution in [2.24, 2.45) is 0 Å². The van der Waals surface area contributed by atoms with Gasteiger partial charge in [0.05, 0.1) is 6.54 Å². The minimum Gasteiger partial charge on any atom is -0.382 e. The van der Waals surface area contributed by atoms with Crippen molar-refractivity contribution in [1.29, 1.82) is 0 Å². The maximum atomic E-state index is 11.5. The number of halogens is 1. The lowest BCUT2D eigenvalue weighted by Crippen LogP contribution is -2.25. The number of carbonyl (C=O) groups excluding carboxylic acids is 1. The van der Waals surface area contributed by atoms with Gasteiger partial charge >= 0.3 is 0 Å². The Morgan fingerprint density at radius 2 is 2.43 bits per heavy atom. The van der Waals surface area contributed by atoms with Crippen LogP contribution in [0.2, 0.25) is 0 Å². The van der Waals surface area contributed by atoms with E-state index >= 15 is 0 Å². The zero-order chi connectivity index (χ0) is 10.7. The van der Waals surface area contributed by atoms with Gasteiger partial charge in [0.1, 0.15) is 5.56 Å². The number of hydrogen-bond acceptors (Lipinski definition) is 3. The maximum Gasteiger partial charge on any atom is 0.257 e. The zero-order valence-electron chi connectivity index (χ0n) is 7.72. The quantitative estimate of drug-likeness (QED) is 0.695. The average molecular weight is 215 g/mol. The molecule has 0 saturated heterocycles. The SMILES string of the molecule is C=C(Cl)CNC(=O)c1c(N)n[nH]c1C. The standard InChI is InChI=1S/C8H11ClN4O/c1-4(9)3-11-8(14)6-5(2)12-13-7(6)10/h1,3H2,2H3,(H,11,14)(H3,10,12,13). The third-order valence-electron chi connectivity index (χ3n) is 1.64. The maximum absolute atomic E-state index is 11.5. The molecule has 0 aliphatic heterocycles. The Hall–Kier alpha value is -1.49. The molecule has 0 atom stereocenters. The normalized spacial score (nSPS) is 9.86. The number of rotatable bonds is 3. The van der Waals surface area contributed by atoms with Crippen LogP contribution in [0.15, 0.2) is 11.6 Å². The molecule has 1 heterocycles. The van der Waals surface area contributed by atoms with Crippen LogP contribution in [0.25, 0.3) is 0 Å². The second-order valence-corrected chi connectivity index (χ2v) is 3.34. The summed E-state index contributed by atoms with van der Waals surface area (Å²) in [5, 5.41) is 9.23. The Bertz CT molecular complexity index is 352. The van der Waals surface area contributed by atoms with Gasteiger partial charge < -0.3 is 11.1 Å². The van der Waals surface area contributed by atoms with Gasteiger partial charge in [-0.3, -0.25) is 9.89 Å². The number of hydrogen-bond donors (Lipinski definition) is 3. The second kappa shape index (κ2) is 4.15. The highest BCUT2D eigenvalue weighted by Gasteiger charge is 2.15. The van der Waals surface area contributed by atoms with Crippen molar-refractivity contribution in [3.05, 3.63) is 22.9 Å². The van der Waals surface area contributed by atoms with Gasteiger partial charge in [-0.2, -0.15) is 5.10 Å². The van der Waals surface area contributed by atoms with Crippen molar-refractivity contribution in [3.8, 4) is 0 Å².